The molecule has 0 saturated carbocycles. The van der Waals surface area contributed by atoms with Crippen LogP contribution in [0.1, 0.15) is 29.5 Å². The average molecular weight is 269 g/mol. The van der Waals surface area contributed by atoms with Crippen molar-refractivity contribution < 1.29 is 0 Å². The van der Waals surface area contributed by atoms with Gasteiger partial charge in [0.15, 0.2) is 0 Å². The third kappa shape index (κ3) is 2.38. The summed E-state index contributed by atoms with van der Waals surface area (Å²) in [5, 5.41) is 7.74. The van der Waals surface area contributed by atoms with E-state index in [1.54, 1.807) is 0 Å². The van der Waals surface area contributed by atoms with Crippen molar-refractivity contribution in [2.24, 2.45) is 7.05 Å². The van der Waals surface area contributed by atoms with Gasteiger partial charge in [0, 0.05) is 25.2 Å². The molecule has 1 aromatic carbocycles. The highest BCUT2D eigenvalue weighted by atomic mass is 15.2. The number of hydrogen-bond acceptors (Lipinski definition) is 2. The lowest BCUT2D eigenvalue weighted by Gasteiger charge is -2.39. The zero-order chi connectivity index (χ0) is 14.0. The van der Waals surface area contributed by atoms with Crippen LogP contribution in [0.25, 0.3) is 0 Å². The topological polar surface area (TPSA) is 29.9 Å². The van der Waals surface area contributed by atoms with Crippen LogP contribution in [0, 0.1) is 0 Å². The molecule has 3 nitrogen and oxygen atoms in total. The van der Waals surface area contributed by atoms with Gasteiger partial charge in [0.05, 0.1) is 6.20 Å². The standard InChI is InChI=1S/C17H23N3/c1-18-13-17(10-14-11-19-20(2)12-14)9-5-7-15-6-3-4-8-16(15)17/h3-4,6,8,11-12,18H,5,7,9-10,13H2,1-2H3. The largest absolute Gasteiger partial charge is 0.319 e. The minimum atomic E-state index is 0.215. The van der Waals surface area contributed by atoms with Crippen LogP contribution in [0.5, 0.6) is 0 Å². The Kier molecular flexibility index (Phi) is 3.62. The van der Waals surface area contributed by atoms with Crippen LogP contribution in [0.15, 0.2) is 36.7 Å². The minimum absolute atomic E-state index is 0.215. The van der Waals surface area contributed by atoms with Crippen LogP contribution >= 0.6 is 0 Å². The summed E-state index contributed by atoms with van der Waals surface area (Å²) in [4.78, 5) is 0. The Hall–Kier alpha value is -1.61. The van der Waals surface area contributed by atoms with Gasteiger partial charge in [0.2, 0.25) is 0 Å². The molecule has 1 unspecified atom stereocenters. The number of aryl methyl sites for hydroxylation is 2. The summed E-state index contributed by atoms with van der Waals surface area (Å²) in [7, 11) is 4.05. The van der Waals surface area contributed by atoms with Crippen LogP contribution in [0.4, 0.5) is 0 Å². The number of rotatable bonds is 4. The Labute approximate surface area is 121 Å². The van der Waals surface area contributed by atoms with E-state index in [1.165, 1.54) is 36.0 Å². The van der Waals surface area contributed by atoms with E-state index in [1.807, 2.05) is 17.9 Å². The third-order valence-electron chi connectivity index (χ3n) is 4.51. The molecule has 106 valence electrons. The first-order chi connectivity index (χ1) is 9.73. The van der Waals surface area contributed by atoms with Gasteiger partial charge in [-0.05, 0) is 49.4 Å². The Morgan fingerprint density at radius 3 is 2.95 bits per heavy atom. The van der Waals surface area contributed by atoms with Crippen molar-refractivity contribution in [3.63, 3.8) is 0 Å². The van der Waals surface area contributed by atoms with Crippen LogP contribution < -0.4 is 5.32 Å². The number of nitrogens with one attached hydrogen (secondary N) is 1. The van der Waals surface area contributed by atoms with Crippen molar-refractivity contribution in [1.29, 1.82) is 0 Å². The molecule has 0 radical (unpaired) electrons. The van der Waals surface area contributed by atoms with E-state index in [9.17, 15) is 0 Å². The Balaban J connectivity index is 2.00. The predicted octanol–water partition coefficient (Wildman–Crippen LogP) is 2.46. The van der Waals surface area contributed by atoms with Crippen molar-refractivity contribution >= 4 is 0 Å². The normalized spacial score (nSPS) is 21.7. The maximum Gasteiger partial charge on any atom is 0.0521 e. The van der Waals surface area contributed by atoms with E-state index < -0.39 is 0 Å². The van der Waals surface area contributed by atoms with E-state index in [-0.39, 0.29) is 5.41 Å². The van der Waals surface area contributed by atoms with Crippen LogP contribution in [-0.4, -0.2) is 23.4 Å². The molecular formula is C17H23N3. The lowest BCUT2D eigenvalue weighted by Crippen LogP contribution is -2.41. The van der Waals surface area contributed by atoms with Gasteiger partial charge in [-0.3, -0.25) is 4.68 Å². The van der Waals surface area contributed by atoms with Gasteiger partial charge >= 0.3 is 0 Å². The van der Waals surface area contributed by atoms with Crippen molar-refractivity contribution in [2.45, 2.75) is 31.1 Å². The Morgan fingerprint density at radius 2 is 2.20 bits per heavy atom. The first-order valence-corrected chi connectivity index (χ1v) is 7.44. The highest BCUT2D eigenvalue weighted by Gasteiger charge is 2.36. The molecule has 1 heterocycles. The molecule has 0 aliphatic heterocycles. The minimum Gasteiger partial charge on any atom is -0.319 e. The van der Waals surface area contributed by atoms with Gasteiger partial charge in [-0.25, -0.2) is 0 Å². The second-order valence-electron chi connectivity index (χ2n) is 6.02. The molecule has 0 bridgehead atoms. The quantitative estimate of drug-likeness (QED) is 0.924. The van der Waals surface area contributed by atoms with Crippen LogP contribution in [0.2, 0.25) is 0 Å². The van der Waals surface area contributed by atoms with Gasteiger partial charge in [-0.1, -0.05) is 24.3 Å². The number of hydrogen-bond donors (Lipinski definition) is 1. The lowest BCUT2D eigenvalue weighted by atomic mass is 9.67. The van der Waals surface area contributed by atoms with Crippen LogP contribution in [-0.2, 0) is 25.3 Å². The smallest absolute Gasteiger partial charge is 0.0521 e. The zero-order valence-electron chi connectivity index (χ0n) is 12.4. The summed E-state index contributed by atoms with van der Waals surface area (Å²) in [6.45, 7) is 1.03. The molecule has 0 fully saturated rings. The number of aromatic nitrogens is 2. The summed E-state index contributed by atoms with van der Waals surface area (Å²) in [6.07, 6.45) is 8.97. The molecule has 3 heteroatoms. The molecule has 0 amide bonds. The Bertz CT molecular complexity index is 587. The maximum atomic E-state index is 4.33. The molecule has 1 atom stereocenters. The summed E-state index contributed by atoms with van der Waals surface area (Å²) >= 11 is 0. The molecule has 1 aliphatic carbocycles. The van der Waals surface area contributed by atoms with Gasteiger partial charge in [0.1, 0.15) is 0 Å². The van der Waals surface area contributed by atoms with Gasteiger partial charge < -0.3 is 5.32 Å². The zero-order valence-corrected chi connectivity index (χ0v) is 12.4. The molecular weight excluding hydrogens is 246 g/mol. The van der Waals surface area contributed by atoms with E-state index >= 15 is 0 Å². The third-order valence-corrected chi connectivity index (χ3v) is 4.51. The second-order valence-corrected chi connectivity index (χ2v) is 6.02. The monoisotopic (exact) mass is 269 g/mol. The van der Waals surface area contributed by atoms with Crippen molar-refractivity contribution in [3.05, 3.63) is 53.3 Å². The molecule has 0 spiro atoms. The number of fused-ring (bicyclic) bond motifs is 1. The number of nitrogens with zero attached hydrogens (tertiary/aromatic N) is 2. The Morgan fingerprint density at radius 1 is 1.35 bits per heavy atom. The first-order valence-electron chi connectivity index (χ1n) is 7.44. The summed E-state index contributed by atoms with van der Waals surface area (Å²) < 4.78 is 1.90. The second kappa shape index (κ2) is 5.41. The maximum absolute atomic E-state index is 4.33. The highest BCUT2D eigenvalue weighted by molar-refractivity contribution is 5.38. The molecule has 3 rings (SSSR count). The highest BCUT2D eigenvalue weighted by Crippen LogP contribution is 2.39. The fourth-order valence-electron chi connectivity index (χ4n) is 3.73. The van der Waals surface area contributed by atoms with Gasteiger partial charge in [-0.2, -0.15) is 5.10 Å². The summed E-state index contributed by atoms with van der Waals surface area (Å²) in [6, 6.07) is 8.96. The lowest BCUT2D eigenvalue weighted by molar-refractivity contribution is 0.345. The van der Waals surface area contributed by atoms with E-state index in [0.717, 1.165) is 13.0 Å². The van der Waals surface area contributed by atoms with Crippen molar-refractivity contribution in [1.82, 2.24) is 15.1 Å². The molecule has 20 heavy (non-hydrogen) atoms. The van der Waals surface area contributed by atoms with E-state index in [4.69, 9.17) is 0 Å². The molecule has 1 aromatic heterocycles. The van der Waals surface area contributed by atoms with Gasteiger partial charge in [0.25, 0.3) is 0 Å². The first kappa shape index (κ1) is 13.4. The van der Waals surface area contributed by atoms with Crippen LogP contribution in [0.3, 0.4) is 0 Å². The van der Waals surface area contributed by atoms with Crippen molar-refractivity contribution in [2.75, 3.05) is 13.6 Å². The van der Waals surface area contributed by atoms with E-state index in [2.05, 4.69) is 47.9 Å². The molecule has 1 N–H and O–H groups in total. The average Bonchev–Trinajstić information content (AvgIpc) is 2.85. The molecule has 0 saturated heterocycles. The fourth-order valence-corrected chi connectivity index (χ4v) is 3.73. The summed E-state index contributed by atoms with van der Waals surface area (Å²) in [5.41, 5.74) is 4.61. The van der Waals surface area contributed by atoms with Gasteiger partial charge in [-0.15, -0.1) is 0 Å². The predicted molar refractivity (Wildman–Crippen MR) is 81.9 cm³/mol. The number of likely N-dealkylation sites (N-methyl/N-ethyl adjacent to an activating group) is 1. The van der Waals surface area contributed by atoms with E-state index in [0.29, 0.717) is 0 Å². The molecule has 2 aromatic rings. The fraction of sp³-hybridized carbons (Fsp3) is 0.471. The number of benzene rings is 1. The summed E-state index contributed by atoms with van der Waals surface area (Å²) in [5.74, 6) is 0. The SMILES string of the molecule is CNCC1(Cc2cnn(C)c2)CCCc2ccccc21. The van der Waals surface area contributed by atoms with Crippen molar-refractivity contribution in [3.8, 4) is 0 Å². The molecule has 1 aliphatic rings.